The molecule has 6 rings (SSSR count). The molecule has 0 saturated carbocycles. The van der Waals surface area contributed by atoms with Crippen molar-refractivity contribution in [2.24, 2.45) is 0 Å². The Morgan fingerprint density at radius 1 is 0.481 bits per heavy atom. The summed E-state index contributed by atoms with van der Waals surface area (Å²) in [4.78, 5) is 37.2. The van der Waals surface area contributed by atoms with Gasteiger partial charge in [-0.2, -0.15) is 16.8 Å². The maximum atomic E-state index is 13.0. The van der Waals surface area contributed by atoms with E-state index >= 15 is 0 Å². The van der Waals surface area contributed by atoms with Gasteiger partial charge in [0.1, 0.15) is 9.79 Å². The van der Waals surface area contributed by atoms with E-state index < -0.39 is 59.4 Å². The van der Waals surface area contributed by atoms with Crippen molar-refractivity contribution in [1.29, 1.82) is 0 Å². The summed E-state index contributed by atoms with van der Waals surface area (Å²) in [7, 11) is -9.63. The molecule has 0 aliphatic heterocycles. The first-order chi connectivity index (χ1) is 24.6. The third kappa shape index (κ3) is 7.32. The van der Waals surface area contributed by atoms with Gasteiger partial charge < -0.3 is 31.5 Å². The second-order valence-electron chi connectivity index (χ2n) is 11.2. The second-order valence-corrected chi connectivity index (χ2v) is 14.0. The Balaban J connectivity index is 1.11. The fraction of sp³-hybridized carbons (Fsp3) is 0. The summed E-state index contributed by atoms with van der Waals surface area (Å²) in [6.07, 6.45) is 0. The van der Waals surface area contributed by atoms with Crippen LogP contribution in [0.1, 0.15) is 20.7 Å². The highest BCUT2D eigenvalue weighted by Crippen LogP contribution is 2.40. The Morgan fingerprint density at radius 2 is 0.827 bits per heavy atom. The number of urea groups is 1. The highest BCUT2D eigenvalue weighted by Gasteiger charge is 2.24. The van der Waals surface area contributed by atoms with Crippen molar-refractivity contribution in [3.8, 4) is 11.5 Å². The topological polar surface area (TPSA) is 249 Å². The molecule has 0 radical (unpaired) electrons. The van der Waals surface area contributed by atoms with Gasteiger partial charge in [-0.3, -0.25) is 18.7 Å². The van der Waals surface area contributed by atoms with E-state index in [4.69, 9.17) is 0 Å². The second kappa shape index (κ2) is 13.6. The van der Waals surface area contributed by atoms with Gasteiger partial charge in [0.05, 0.1) is 11.4 Å². The van der Waals surface area contributed by atoms with Crippen LogP contribution in [-0.2, 0) is 20.2 Å². The van der Waals surface area contributed by atoms with E-state index in [1.165, 1.54) is 48.5 Å². The molecule has 0 aromatic heterocycles. The van der Waals surface area contributed by atoms with Gasteiger partial charge in [-0.1, -0.05) is 48.5 Å². The fourth-order valence-electron chi connectivity index (χ4n) is 5.34. The Hall–Kier alpha value is -6.53. The smallest absolute Gasteiger partial charge is 0.323 e. The van der Waals surface area contributed by atoms with Gasteiger partial charge in [0.2, 0.25) is 0 Å². The van der Waals surface area contributed by atoms with Gasteiger partial charge in [-0.15, -0.1) is 0 Å². The third-order valence-corrected chi connectivity index (χ3v) is 9.55. The number of phenols is 2. The summed E-state index contributed by atoms with van der Waals surface area (Å²) in [6, 6.07) is 25.3. The number of nitrogens with one attached hydrogen (secondary N) is 4. The molecule has 0 aliphatic rings. The van der Waals surface area contributed by atoms with E-state index in [0.29, 0.717) is 21.5 Å². The molecule has 0 aliphatic carbocycles. The third-order valence-electron chi connectivity index (χ3n) is 7.82. The lowest BCUT2D eigenvalue weighted by Gasteiger charge is -2.14. The summed E-state index contributed by atoms with van der Waals surface area (Å²) in [6.45, 7) is 0. The maximum Gasteiger partial charge on any atom is 0.323 e. The molecule has 0 fully saturated rings. The predicted molar refractivity (Wildman–Crippen MR) is 192 cm³/mol. The fourth-order valence-corrected chi connectivity index (χ4v) is 6.59. The Kier molecular flexibility index (Phi) is 9.26. The van der Waals surface area contributed by atoms with Crippen molar-refractivity contribution in [3.63, 3.8) is 0 Å². The largest absolute Gasteiger partial charge is 0.504 e. The summed E-state index contributed by atoms with van der Waals surface area (Å²) >= 11 is 0. The molecule has 17 heteroatoms. The van der Waals surface area contributed by atoms with Crippen LogP contribution in [-0.4, -0.2) is 54.0 Å². The molecule has 6 aromatic rings. The van der Waals surface area contributed by atoms with Crippen molar-refractivity contribution in [2.45, 2.75) is 9.79 Å². The van der Waals surface area contributed by atoms with E-state index in [2.05, 4.69) is 21.3 Å². The quantitative estimate of drug-likeness (QED) is 0.0659. The molecular formula is C35H26N4O11S2. The van der Waals surface area contributed by atoms with E-state index in [9.17, 15) is 50.5 Å². The van der Waals surface area contributed by atoms with Gasteiger partial charge in [0, 0.05) is 33.3 Å². The van der Waals surface area contributed by atoms with Crippen LogP contribution in [0, 0.1) is 0 Å². The van der Waals surface area contributed by atoms with Gasteiger partial charge in [0.25, 0.3) is 32.1 Å². The van der Waals surface area contributed by atoms with Crippen molar-refractivity contribution < 1.29 is 50.5 Å². The number of fused-ring (bicyclic) bond motifs is 2. The molecule has 264 valence electrons. The van der Waals surface area contributed by atoms with E-state index in [0.717, 1.165) is 12.1 Å². The highest BCUT2D eigenvalue weighted by atomic mass is 32.2. The van der Waals surface area contributed by atoms with Gasteiger partial charge >= 0.3 is 6.03 Å². The first-order valence-electron chi connectivity index (χ1n) is 15.0. The predicted octanol–water partition coefficient (Wildman–Crippen LogP) is 6.05. The number of rotatable bonds is 8. The van der Waals surface area contributed by atoms with Crippen LogP contribution in [0.4, 0.5) is 27.5 Å². The Morgan fingerprint density at radius 3 is 1.17 bits per heavy atom. The molecule has 8 N–H and O–H groups in total. The van der Waals surface area contributed by atoms with Gasteiger partial charge in [-0.25, -0.2) is 4.79 Å². The number of amides is 4. The van der Waals surface area contributed by atoms with Crippen molar-refractivity contribution in [1.82, 2.24) is 0 Å². The minimum Gasteiger partial charge on any atom is -0.504 e. The average molecular weight is 743 g/mol. The minimum absolute atomic E-state index is 0.0894. The molecule has 15 nitrogen and oxygen atoms in total. The Bertz CT molecular complexity index is 2460. The van der Waals surface area contributed by atoms with Gasteiger partial charge in [-0.05, 0) is 71.4 Å². The van der Waals surface area contributed by atoms with E-state index in [1.807, 2.05) is 0 Å². The molecule has 0 bridgehead atoms. The first kappa shape index (κ1) is 35.3. The van der Waals surface area contributed by atoms with Crippen LogP contribution < -0.4 is 21.3 Å². The summed E-state index contributed by atoms with van der Waals surface area (Å²) in [5.74, 6) is -3.11. The number of hydrogen-bond acceptors (Lipinski definition) is 9. The van der Waals surface area contributed by atoms with E-state index in [1.54, 1.807) is 48.5 Å². The average Bonchev–Trinajstić information content (AvgIpc) is 3.10. The van der Waals surface area contributed by atoms with Crippen LogP contribution in [0.2, 0.25) is 0 Å². The van der Waals surface area contributed by atoms with Crippen LogP contribution >= 0.6 is 0 Å². The molecule has 0 atom stereocenters. The van der Waals surface area contributed by atoms with Crippen LogP contribution in [0.15, 0.2) is 119 Å². The summed E-state index contributed by atoms with van der Waals surface area (Å²) < 4.78 is 66.4. The molecule has 0 unspecified atom stereocenters. The number of hydrogen-bond donors (Lipinski definition) is 8. The number of benzene rings is 6. The van der Waals surface area contributed by atoms with Crippen molar-refractivity contribution in [3.05, 3.63) is 120 Å². The molecule has 6 aromatic carbocycles. The molecule has 0 heterocycles. The molecule has 0 spiro atoms. The highest BCUT2D eigenvalue weighted by molar-refractivity contribution is 7.86. The monoisotopic (exact) mass is 742 g/mol. The SMILES string of the molecule is O=C(Nc1ccc(C(=O)Nc2c(O)c(S(=O)(=O)O)cc3ccccc23)cc1)Nc1ccc(C(=O)Nc2c(O)c(S(=O)(=O)O)cc3ccccc23)cc1. The van der Waals surface area contributed by atoms with Crippen molar-refractivity contribution >= 4 is 82.4 Å². The zero-order chi connectivity index (χ0) is 37.4. The van der Waals surface area contributed by atoms with Crippen LogP contribution in [0.3, 0.4) is 0 Å². The summed E-state index contributed by atoms with van der Waals surface area (Å²) in [5, 5.41) is 32.6. The number of phenolic OH excluding ortho intramolecular Hbond substituents is 2. The summed E-state index contributed by atoms with van der Waals surface area (Å²) in [5.41, 5.74) is 0.299. The van der Waals surface area contributed by atoms with Crippen LogP contribution in [0.5, 0.6) is 11.5 Å². The normalized spacial score (nSPS) is 11.6. The van der Waals surface area contributed by atoms with Crippen LogP contribution in [0.25, 0.3) is 21.5 Å². The molecule has 0 saturated heterocycles. The number of aromatic hydroxyl groups is 2. The molecular weight excluding hydrogens is 717 g/mol. The van der Waals surface area contributed by atoms with Crippen molar-refractivity contribution in [2.75, 3.05) is 21.3 Å². The maximum absolute atomic E-state index is 13.0. The standard InChI is InChI=1S/C35H26N4O11S2/c40-31-27(51(45,46)47)17-21-5-1-3-7-25(21)29(31)38-33(42)19-9-13-23(14-10-19)36-35(44)37-24-15-11-20(12-16-24)34(43)39-30-26-8-4-2-6-22(26)18-28(32(30)41)52(48,49)50/h1-18,40-41H,(H,38,42)(H,39,43)(H2,36,37,44)(H,45,46,47)(H,48,49,50). The molecule has 52 heavy (non-hydrogen) atoms. The first-order valence-corrected chi connectivity index (χ1v) is 17.8. The molecule has 4 amide bonds. The lowest BCUT2D eigenvalue weighted by Crippen LogP contribution is -2.20. The number of carbonyl (C=O) groups is 3. The zero-order valence-electron chi connectivity index (χ0n) is 26.4. The minimum atomic E-state index is -4.82. The van der Waals surface area contributed by atoms with E-state index in [-0.39, 0.29) is 33.9 Å². The van der Waals surface area contributed by atoms with Gasteiger partial charge in [0.15, 0.2) is 11.5 Å². The lowest BCUT2D eigenvalue weighted by atomic mass is 10.1. The number of carbonyl (C=O) groups excluding carboxylic acids is 3. The Labute approximate surface area is 295 Å². The zero-order valence-corrected chi connectivity index (χ0v) is 28.0. The number of anilines is 4. The lowest BCUT2D eigenvalue weighted by molar-refractivity contribution is 0.101.